The van der Waals surface area contributed by atoms with E-state index in [4.69, 9.17) is 11.6 Å². The van der Waals surface area contributed by atoms with Crippen LogP contribution in [0.25, 0.3) is 0 Å². The summed E-state index contributed by atoms with van der Waals surface area (Å²) in [6.07, 6.45) is 2.69. The molecule has 0 N–H and O–H groups in total. The number of rotatable bonds is 4. The molecule has 0 aliphatic rings. The Morgan fingerprint density at radius 1 is 1.50 bits per heavy atom. The van der Waals surface area contributed by atoms with E-state index in [1.165, 1.54) is 11.1 Å². The molecule has 0 aliphatic carbocycles. The number of hydrogen-bond acceptors (Lipinski definition) is 1. The molecule has 0 radical (unpaired) electrons. The summed E-state index contributed by atoms with van der Waals surface area (Å²) in [6, 6.07) is 5.88. The van der Waals surface area contributed by atoms with E-state index in [0.29, 0.717) is 0 Å². The molecule has 2 heteroatoms. The maximum atomic E-state index is 10.6. The van der Waals surface area contributed by atoms with Gasteiger partial charge in [-0.05, 0) is 30.0 Å². The van der Waals surface area contributed by atoms with Gasteiger partial charge in [0, 0.05) is 10.9 Å². The van der Waals surface area contributed by atoms with E-state index >= 15 is 0 Å². The van der Waals surface area contributed by atoms with Gasteiger partial charge in [-0.25, -0.2) is 0 Å². The Labute approximate surface area is 90.1 Å². The molecule has 1 aromatic rings. The van der Waals surface area contributed by atoms with Crippen molar-refractivity contribution < 1.29 is 4.79 Å². The van der Waals surface area contributed by atoms with Crippen molar-refractivity contribution in [3.05, 3.63) is 34.3 Å². The standard InChI is InChI=1S/C12H15ClO/c1-3-11-10(7-9(2)8-14)5-4-6-12(11)13/h4-6,8-9H,3,7H2,1-2H3. The van der Waals surface area contributed by atoms with Gasteiger partial charge in [0.2, 0.25) is 0 Å². The summed E-state index contributed by atoms with van der Waals surface area (Å²) in [5, 5.41) is 0.808. The number of halogens is 1. The summed E-state index contributed by atoms with van der Waals surface area (Å²) in [7, 11) is 0. The zero-order valence-electron chi connectivity index (χ0n) is 8.59. The first kappa shape index (κ1) is 11.3. The Balaban J connectivity index is 2.95. The Bertz CT molecular complexity index is 320. The second-order valence-electron chi connectivity index (χ2n) is 3.55. The Hall–Kier alpha value is -0.820. The monoisotopic (exact) mass is 210 g/mol. The van der Waals surface area contributed by atoms with Gasteiger partial charge in [0.1, 0.15) is 6.29 Å². The van der Waals surface area contributed by atoms with Crippen LogP contribution in [0.15, 0.2) is 18.2 Å². The third-order valence-corrected chi connectivity index (χ3v) is 2.70. The summed E-state index contributed by atoms with van der Waals surface area (Å²) >= 11 is 6.07. The number of benzene rings is 1. The SMILES string of the molecule is CCc1c(Cl)cccc1CC(C)C=O. The van der Waals surface area contributed by atoms with Gasteiger partial charge in [0.05, 0.1) is 0 Å². The lowest BCUT2D eigenvalue weighted by Gasteiger charge is -2.10. The van der Waals surface area contributed by atoms with Crippen molar-refractivity contribution in [1.82, 2.24) is 0 Å². The van der Waals surface area contributed by atoms with Gasteiger partial charge in [-0.3, -0.25) is 0 Å². The average molecular weight is 211 g/mol. The van der Waals surface area contributed by atoms with Gasteiger partial charge in [0.25, 0.3) is 0 Å². The third-order valence-electron chi connectivity index (χ3n) is 2.34. The third kappa shape index (κ3) is 2.58. The molecule has 76 valence electrons. The number of carbonyl (C=O) groups excluding carboxylic acids is 1. The van der Waals surface area contributed by atoms with Crippen LogP contribution in [-0.4, -0.2) is 6.29 Å². The van der Waals surface area contributed by atoms with Gasteiger partial charge in [0.15, 0.2) is 0 Å². The molecule has 1 atom stereocenters. The number of hydrogen-bond donors (Lipinski definition) is 0. The lowest BCUT2D eigenvalue weighted by atomic mass is 9.96. The molecular formula is C12H15ClO. The maximum Gasteiger partial charge on any atom is 0.123 e. The minimum atomic E-state index is 0.0683. The maximum absolute atomic E-state index is 10.6. The summed E-state index contributed by atoms with van der Waals surface area (Å²) in [6.45, 7) is 4.00. The fraction of sp³-hybridized carbons (Fsp3) is 0.417. The lowest BCUT2D eigenvalue weighted by Crippen LogP contribution is -2.03. The fourth-order valence-electron chi connectivity index (χ4n) is 1.59. The van der Waals surface area contributed by atoms with Crippen LogP contribution < -0.4 is 0 Å². The molecule has 0 saturated carbocycles. The van der Waals surface area contributed by atoms with E-state index < -0.39 is 0 Å². The van der Waals surface area contributed by atoms with Crippen molar-refractivity contribution in [3.63, 3.8) is 0 Å². The predicted molar refractivity (Wildman–Crippen MR) is 59.8 cm³/mol. The second kappa shape index (κ2) is 5.16. The Kier molecular flexibility index (Phi) is 4.15. The fourth-order valence-corrected chi connectivity index (χ4v) is 1.91. The first-order chi connectivity index (χ1) is 6.69. The van der Waals surface area contributed by atoms with Crippen LogP contribution in [0.5, 0.6) is 0 Å². The van der Waals surface area contributed by atoms with Gasteiger partial charge < -0.3 is 4.79 Å². The Morgan fingerprint density at radius 2 is 2.21 bits per heavy atom. The van der Waals surface area contributed by atoms with E-state index in [2.05, 4.69) is 6.92 Å². The molecule has 1 aromatic carbocycles. The number of aldehydes is 1. The molecule has 0 spiro atoms. The molecule has 0 aliphatic heterocycles. The summed E-state index contributed by atoms with van der Waals surface area (Å²) in [4.78, 5) is 10.6. The normalized spacial score (nSPS) is 12.5. The zero-order valence-corrected chi connectivity index (χ0v) is 9.34. The molecule has 0 fully saturated rings. The van der Waals surface area contributed by atoms with Gasteiger partial charge in [-0.15, -0.1) is 0 Å². The minimum absolute atomic E-state index is 0.0683. The van der Waals surface area contributed by atoms with Crippen molar-refractivity contribution >= 4 is 17.9 Å². The molecule has 0 saturated heterocycles. The molecule has 0 heterocycles. The quantitative estimate of drug-likeness (QED) is 0.698. The topological polar surface area (TPSA) is 17.1 Å². The second-order valence-corrected chi connectivity index (χ2v) is 3.96. The summed E-state index contributed by atoms with van der Waals surface area (Å²) < 4.78 is 0. The first-order valence-electron chi connectivity index (χ1n) is 4.90. The highest BCUT2D eigenvalue weighted by molar-refractivity contribution is 6.31. The van der Waals surface area contributed by atoms with Crippen molar-refractivity contribution in [3.8, 4) is 0 Å². The van der Waals surface area contributed by atoms with E-state index in [1.54, 1.807) is 0 Å². The summed E-state index contributed by atoms with van der Waals surface area (Å²) in [5.74, 6) is 0.0683. The predicted octanol–water partition coefficient (Wildman–Crippen LogP) is 3.28. The first-order valence-corrected chi connectivity index (χ1v) is 5.28. The molecule has 1 unspecified atom stereocenters. The molecule has 1 nitrogen and oxygen atoms in total. The van der Waals surface area contributed by atoms with Crippen molar-refractivity contribution in [2.45, 2.75) is 26.7 Å². The Morgan fingerprint density at radius 3 is 2.79 bits per heavy atom. The van der Waals surface area contributed by atoms with Crippen LogP contribution in [0.1, 0.15) is 25.0 Å². The number of carbonyl (C=O) groups is 1. The minimum Gasteiger partial charge on any atom is -0.303 e. The van der Waals surface area contributed by atoms with E-state index in [9.17, 15) is 4.79 Å². The van der Waals surface area contributed by atoms with Crippen molar-refractivity contribution in [2.75, 3.05) is 0 Å². The van der Waals surface area contributed by atoms with Crippen LogP contribution in [0.2, 0.25) is 5.02 Å². The van der Waals surface area contributed by atoms with Gasteiger partial charge in [-0.1, -0.05) is 37.6 Å². The molecule has 1 rings (SSSR count). The van der Waals surface area contributed by atoms with E-state index in [0.717, 1.165) is 24.2 Å². The van der Waals surface area contributed by atoms with Crippen LogP contribution >= 0.6 is 11.6 Å². The molecular weight excluding hydrogens is 196 g/mol. The van der Waals surface area contributed by atoms with Crippen LogP contribution in [0, 0.1) is 5.92 Å². The molecule has 0 aromatic heterocycles. The highest BCUT2D eigenvalue weighted by Crippen LogP contribution is 2.22. The highest BCUT2D eigenvalue weighted by Gasteiger charge is 2.08. The van der Waals surface area contributed by atoms with Crippen LogP contribution in [-0.2, 0) is 17.6 Å². The van der Waals surface area contributed by atoms with Crippen molar-refractivity contribution in [1.29, 1.82) is 0 Å². The average Bonchev–Trinajstić information content (AvgIpc) is 2.18. The largest absolute Gasteiger partial charge is 0.303 e. The van der Waals surface area contributed by atoms with Crippen LogP contribution in [0.3, 0.4) is 0 Å². The smallest absolute Gasteiger partial charge is 0.123 e. The zero-order chi connectivity index (χ0) is 10.6. The van der Waals surface area contributed by atoms with E-state index in [-0.39, 0.29) is 5.92 Å². The van der Waals surface area contributed by atoms with Gasteiger partial charge in [-0.2, -0.15) is 0 Å². The van der Waals surface area contributed by atoms with Crippen molar-refractivity contribution in [2.24, 2.45) is 5.92 Å². The lowest BCUT2D eigenvalue weighted by molar-refractivity contribution is -0.110. The highest BCUT2D eigenvalue weighted by atomic mass is 35.5. The van der Waals surface area contributed by atoms with Crippen LogP contribution in [0.4, 0.5) is 0 Å². The summed E-state index contributed by atoms with van der Waals surface area (Å²) in [5.41, 5.74) is 2.36. The molecule has 0 amide bonds. The molecule has 0 bridgehead atoms. The van der Waals surface area contributed by atoms with Gasteiger partial charge >= 0.3 is 0 Å². The molecule has 14 heavy (non-hydrogen) atoms. The van der Waals surface area contributed by atoms with E-state index in [1.807, 2.05) is 25.1 Å².